The summed E-state index contributed by atoms with van der Waals surface area (Å²) in [5, 5.41) is 18.4. The van der Waals surface area contributed by atoms with E-state index in [4.69, 9.17) is 4.74 Å². The molecule has 5 rings (SSSR count). The number of hydrogen-bond donors (Lipinski definition) is 3. The standard InChI is InChI=1S/C23H24N4O5.CH4/c28-21(29)23(22(30)31)11-16(12-23)32-15-7-9-27(10-8-15)19-6-5-14(13-24-19)20-25-17-3-1-2-4-18(17)26-20;/h1-6,13,15-16H,7-12H2,(H,25,26)(H,28,29)(H,30,31);1H4. The third kappa shape index (κ3) is 4.16. The fourth-order valence-electron chi connectivity index (χ4n) is 4.55. The van der Waals surface area contributed by atoms with Gasteiger partial charge in [0.1, 0.15) is 11.6 Å². The molecule has 0 spiro atoms. The molecule has 3 aromatic rings. The molecule has 1 saturated heterocycles. The minimum atomic E-state index is -1.68. The zero-order valence-electron chi connectivity index (χ0n) is 17.4. The summed E-state index contributed by atoms with van der Waals surface area (Å²) in [7, 11) is 0. The third-order valence-corrected chi connectivity index (χ3v) is 6.53. The second-order valence-corrected chi connectivity index (χ2v) is 8.55. The van der Waals surface area contributed by atoms with Crippen molar-refractivity contribution in [2.45, 2.75) is 45.3 Å². The first-order valence-corrected chi connectivity index (χ1v) is 10.7. The number of benzene rings is 1. The molecule has 3 heterocycles. The zero-order valence-corrected chi connectivity index (χ0v) is 17.4. The first kappa shape index (κ1) is 22.7. The monoisotopic (exact) mass is 452 g/mol. The van der Waals surface area contributed by atoms with Crippen LogP contribution in [-0.4, -0.2) is 62.4 Å². The van der Waals surface area contributed by atoms with E-state index in [-0.39, 0.29) is 32.5 Å². The Morgan fingerprint density at radius 1 is 1.03 bits per heavy atom. The van der Waals surface area contributed by atoms with Gasteiger partial charge < -0.3 is 24.8 Å². The maximum atomic E-state index is 11.3. The Morgan fingerprint density at radius 3 is 2.33 bits per heavy atom. The number of imidazole rings is 1. The summed E-state index contributed by atoms with van der Waals surface area (Å²) in [5.41, 5.74) is 1.15. The fraction of sp³-hybridized carbons (Fsp3) is 0.417. The quantitative estimate of drug-likeness (QED) is 0.484. The van der Waals surface area contributed by atoms with Crippen molar-refractivity contribution in [3.63, 3.8) is 0 Å². The molecule has 174 valence electrons. The van der Waals surface area contributed by atoms with E-state index in [0.717, 1.165) is 54.2 Å². The van der Waals surface area contributed by atoms with Crippen molar-refractivity contribution in [3.05, 3.63) is 42.6 Å². The Labute approximate surface area is 191 Å². The maximum absolute atomic E-state index is 11.3. The van der Waals surface area contributed by atoms with Crippen molar-refractivity contribution in [2.75, 3.05) is 18.0 Å². The molecule has 9 heteroatoms. The molecular formula is C24H28N4O5. The van der Waals surface area contributed by atoms with Gasteiger partial charge >= 0.3 is 11.9 Å². The molecule has 0 bridgehead atoms. The summed E-state index contributed by atoms with van der Waals surface area (Å²) < 4.78 is 5.99. The van der Waals surface area contributed by atoms with Gasteiger partial charge in [0.05, 0.1) is 23.2 Å². The molecule has 0 radical (unpaired) electrons. The summed E-state index contributed by atoms with van der Waals surface area (Å²) in [6, 6.07) is 11.9. The molecular weight excluding hydrogens is 424 g/mol. The number of aromatic nitrogens is 3. The Bertz CT molecular complexity index is 1100. The van der Waals surface area contributed by atoms with Crippen LogP contribution < -0.4 is 4.90 Å². The molecule has 0 atom stereocenters. The predicted molar refractivity (Wildman–Crippen MR) is 123 cm³/mol. The van der Waals surface area contributed by atoms with E-state index in [9.17, 15) is 19.8 Å². The molecule has 2 fully saturated rings. The second kappa shape index (κ2) is 8.82. The highest BCUT2D eigenvalue weighted by Crippen LogP contribution is 2.44. The normalized spacial score (nSPS) is 18.5. The number of piperidine rings is 1. The van der Waals surface area contributed by atoms with Crippen LogP contribution in [0.4, 0.5) is 5.82 Å². The van der Waals surface area contributed by atoms with E-state index in [2.05, 4.69) is 19.9 Å². The molecule has 33 heavy (non-hydrogen) atoms. The van der Waals surface area contributed by atoms with Crippen LogP contribution in [0.15, 0.2) is 42.6 Å². The van der Waals surface area contributed by atoms with Crippen LogP contribution in [0.5, 0.6) is 0 Å². The number of ether oxygens (including phenoxy) is 1. The molecule has 2 aromatic heterocycles. The number of pyridine rings is 1. The fourth-order valence-corrected chi connectivity index (χ4v) is 4.55. The third-order valence-electron chi connectivity index (χ3n) is 6.53. The van der Waals surface area contributed by atoms with Gasteiger partial charge in [-0.25, -0.2) is 9.97 Å². The molecule has 0 unspecified atom stereocenters. The highest BCUT2D eigenvalue weighted by atomic mass is 16.5. The van der Waals surface area contributed by atoms with E-state index in [1.165, 1.54) is 0 Å². The average Bonchev–Trinajstić information content (AvgIpc) is 3.20. The summed E-state index contributed by atoms with van der Waals surface area (Å²) >= 11 is 0. The number of H-pyrrole nitrogens is 1. The highest BCUT2D eigenvalue weighted by Gasteiger charge is 2.57. The number of nitrogens with zero attached hydrogens (tertiary/aromatic N) is 3. The molecule has 1 aliphatic carbocycles. The van der Waals surface area contributed by atoms with Crippen LogP contribution >= 0.6 is 0 Å². The molecule has 1 saturated carbocycles. The van der Waals surface area contributed by atoms with Gasteiger partial charge in [0, 0.05) is 37.7 Å². The Morgan fingerprint density at radius 2 is 1.73 bits per heavy atom. The lowest BCUT2D eigenvalue weighted by molar-refractivity contribution is -0.189. The smallest absolute Gasteiger partial charge is 0.321 e. The van der Waals surface area contributed by atoms with E-state index < -0.39 is 17.4 Å². The Kier molecular flexibility index (Phi) is 6.07. The van der Waals surface area contributed by atoms with Gasteiger partial charge in [-0.05, 0) is 37.1 Å². The number of hydrogen-bond acceptors (Lipinski definition) is 6. The van der Waals surface area contributed by atoms with E-state index in [1.54, 1.807) is 0 Å². The molecule has 2 aliphatic rings. The molecule has 1 aromatic carbocycles. The van der Waals surface area contributed by atoms with Crippen LogP contribution in [0.25, 0.3) is 22.4 Å². The predicted octanol–water partition coefficient (Wildman–Crippen LogP) is 3.56. The van der Waals surface area contributed by atoms with Gasteiger partial charge in [0.25, 0.3) is 0 Å². The number of para-hydroxylation sites is 2. The topological polar surface area (TPSA) is 129 Å². The molecule has 3 N–H and O–H groups in total. The summed E-state index contributed by atoms with van der Waals surface area (Å²) in [6.45, 7) is 1.55. The number of fused-ring (bicyclic) bond motifs is 1. The first-order valence-electron chi connectivity index (χ1n) is 10.7. The number of aliphatic carboxylic acids is 2. The maximum Gasteiger partial charge on any atom is 0.321 e. The van der Waals surface area contributed by atoms with Gasteiger partial charge in [-0.2, -0.15) is 0 Å². The number of carboxylic acid groups (broad SMARTS) is 2. The van der Waals surface area contributed by atoms with Crippen molar-refractivity contribution in [1.29, 1.82) is 0 Å². The van der Waals surface area contributed by atoms with Crippen molar-refractivity contribution in [1.82, 2.24) is 15.0 Å². The van der Waals surface area contributed by atoms with Crippen molar-refractivity contribution >= 4 is 28.8 Å². The van der Waals surface area contributed by atoms with Crippen LogP contribution in [0.3, 0.4) is 0 Å². The number of carboxylic acids is 2. The average molecular weight is 453 g/mol. The van der Waals surface area contributed by atoms with Crippen molar-refractivity contribution in [2.24, 2.45) is 5.41 Å². The van der Waals surface area contributed by atoms with Gasteiger partial charge in [-0.15, -0.1) is 0 Å². The minimum absolute atomic E-state index is 0. The van der Waals surface area contributed by atoms with Gasteiger partial charge in [0.15, 0.2) is 5.41 Å². The van der Waals surface area contributed by atoms with Crippen LogP contribution in [0.1, 0.15) is 33.1 Å². The minimum Gasteiger partial charge on any atom is -0.480 e. The lowest BCUT2D eigenvalue weighted by atomic mass is 9.66. The van der Waals surface area contributed by atoms with Crippen molar-refractivity contribution in [3.8, 4) is 11.4 Å². The largest absolute Gasteiger partial charge is 0.480 e. The SMILES string of the molecule is C.O=C(O)C1(C(=O)O)CC(OC2CCN(c3ccc(-c4nc5ccccc5[nH]4)cn3)CC2)C1. The van der Waals surface area contributed by atoms with Crippen LogP contribution in [-0.2, 0) is 14.3 Å². The highest BCUT2D eigenvalue weighted by molar-refractivity contribution is 5.99. The van der Waals surface area contributed by atoms with Gasteiger partial charge in [-0.3, -0.25) is 9.59 Å². The lowest BCUT2D eigenvalue weighted by Crippen LogP contribution is -2.54. The van der Waals surface area contributed by atoms with Crippen LogP contribution in [0.2, 0.25) is 0 Å². The number of rotatable bonds is 6. The number of carbonyl (C=O) groups is 2. The van der Waals surface area contributed by atoms with Gasteiger partial charge in [0.2, 0.25) is 0 Å². The van der Waals surface area contributed by atoms with Crippen LogP contribution in [0, 0.1) is 5.41 Å². The number of aromatic amines is 1. The van der Waals surface area contributed by atoms with E-state index in [0.29, 0.717) is 0 Å². The number of anilines is 1. The second-order valence-electron chi connectivity index (χ2n) is 8.55. The van der Waals surface area contributed by atoms with Gasteiger partial charge in [-0.1, -0.05) is 19.6 Å². The first-order chi connectivity index (χ1) is 15.4. The summed E-state index contributed by atoms with van der Waals surface area (Å²) in [4.78, 5) is 37.3. The lowest BCUT2D eigenvalue weighted by Gasteiger charge is -2.43. The Hall–Kier alpha value is -3.46. The summed E-state index contributed by atoms with van der Waals surface area (Å²) in [5.74, 6) is -0.881. The van der Waals surface area contributed by atoms with E-state index in [1.807, 2.05) is 42.6 Å². The number of nitrogens with one attached hydrogen (secondary N) is 1. The van der Waals surface area contributed by atoms with E-state index >= 15 is 0 Å². The van der Waals surface area contributed by atoms with Crippen molar-refractivity contribution < 1.29 is 24.5 Å². The molecule has 9 nitrogen and oxygen atoms in total. The Balaban J connectivity index is 0.00000259. The zero-order chi connectivity index (χ0) is 22.3. The molecule has 0 amide bonds. The molecule has 1 aliphatic heterocycles. The summed E-state index contributed by atoms with van der Waals surface area (Å²) in [6.07, 6.45) is 3.16.